The lowest BCUT2D eigenvalue weighted by atomic mass is 10.3. The van der Waals surface area contributed by atoms with Gasteiger partial charge in [-0.25, -0.2) is 18.2 Å². The van der Waals surface area contributed by atoms with Crippen LogP contribution in [-0.2, 0) is 10.5 Å². The van der Waals surface area contributed by atoms with Gasteiger partial charge in [-0.2, -0.15) is 0 Å². The Kier molecular flexibility index (Phi) is 5.50. The van der Waals surface area contributed by atoms with Crippen molar-refractivity contribution in [1.29, 1.82) is 0 Å². The Morgan fingerprint density at radius 1 is 1.19 bits per heavy atom. The van der Waals surface area contributed by atoms with Gasteiger partial charge in [-0.3, -0.25) is 14.0 Å². The summed E-state index contributed by atoms with van der Waals surface area (Å²) in [4.78, 5) is 28.3. The molecule has 0 aliphatic carbocycles. The summed E-state index contributed by atoms with van der Waals surface area (Å²) in [5.74, 6) is -4.80. The second kappa shape index (κ2) is 7.83. The third-order valence-electron chi connectivity index (χ3n) is 3.65. The average Bonchev–Trinajstić information content (AvgIpc) is 2.63. The Labute approximate surface area is 156 Å². The SMILES string of the molecule is Cc1ccc2nc(CSCC(=O)Nc3ccc(F)c(F)c3F)cc(=O)n2c1. The van der Waals surface area contributed by atoms with Crippen molar-refractivity contribution in [3.8, 4) is 0 Å². The molecule has 0 bridgehead atoms. The molecular formula is C18H14F3N3O2S. The van der Waals surface area contributed by atoms with Crippen LogP contribution in [0.5, 0.6) is 0 Å². The number of carbonyl (C=O) groups excluding carboxylic acids is 1. The number of aromatic nitrogens is 2. The second-order valence-electron chi connectivity index (χ2n) is 5.78. The fourth-order valence-electron chi connectivity index (χ4n) is 2.39. The molecular weight excluding hydrogens is 379 g/mol. The number of carbonyl (C=O) groups is 1. The second-order valence-corrected chi connectivity index (χ2v) is 6.77. The molecule has 0 aliphatic heterocycles. The third kappa shape index (κ3) is 4.30. The first-order valence-electron chi connectivity index (χ1n) is 7.85. The molecule has 0 atom stereocenters. The summed E-state index contributed by atoms with van der Waals surface area (Å²) >= 11 is 1.15. The van der Waals surface area contributed by atoms with E-state index in [1.54, 1.807) is 12.3 Å². The maximum atomic E-state index is 13.5. The first-order valence-corrected chi connectivity index (χ1v) is 9.00. The molecule has 3 rings (SSSR count). The Balaban J connectivity index is 1.62. The lowest BCUT2D eigenvalue weighted by Gasteiger charge is -2.08. The molecule has 0 aliphatic rings. The zero-order chi connectivity index (χ0) is 19.6. The number of anilines is 1. The van der Waals surface area contributed by atoms with E-state index >= 15 is 0 Å². The van der Waals surface area contributed by atoms with Crippen molar-refractivity contribution in [2.45, 2.75) is 12.7 Å². The number of rotatable bonds is 5. The van der Waals surface area contributed by atoms with Crippen LogP contribution < -0.4 is 10.9 Å². The lowest BCUT2D eigenvalue weighted by Crippen LogP contribution is -2.17. The molecule has 3 aromatic rings. The number of hydrogen-bond acceptors (Lipinski definition) is 4. The molecule has 9 heteroatoms. The van der Waals surface area contributed by atoms with Crippen molar-refractivity contribution < 1.29 is 18.0 Å². The summed E-state index contributed by atoms with van der Waals surface area (Å²) < 4.78 is 41.0. The molecule has 5 nitrogen and oxygen atoms in total. The summed E-state index contributed by atoms with van der Waals surface area (Å²) in [7, 11) is 0. The molecule has 0 fully saturated rings. The number of nitrogens with zero attached hydrogens (tertiary/aromatic N) is 2. The third-order valence-corrected chi connectivity index (χ3v) is 4.62. The van der Waals surface area contributed by atoms with Crippen LogP contribution in [-0.4, -0.2) is 21.0 Å². The number of hydrogen-bond donors (Lipinski definition) is 1. The van der Waals surface area contributed by atoms with Crippen LogP contribution in [0.2, 0.25) is 0 Å². The van der Waals surface area contributed by atoms with Gasteiger partial charge in [0.25, 0.3) is 5.56 Å². The average molecular weight is 393 g/mol. The maximum absolute atomic E-state index is 13.5. The van der Waals surface area contributed by atoms with Crippen molar-refractivity contribution in [2.24, 2.45) is 0 Å². The number of aryl methyl sites for hydroxylation is 1. The minimum Gasteiger partial charge on any atom is -0.323 e. The van der Waals surface area contributed by atoms with Crippen molar-refractivity contribution in [2.75, 3.05) is 11.1 Å². The summed E-state index contributed by atoms with van der Waals surface area (Å²) in [5, 5.41) is 2.18. The minimum atomic E-state index is -1.64. The van der Waals surface area contributed by atoms with E-state index in [0.29, 0.717) is 11.3 Å². The van der Waals surface area contributed by atoms with Gasteiger partial charge in [-0.15, -0.1) is 11.8 Å². The smallest absolute Gasteiger partial charge is 0.258 e. The number of pyridine rings is 1. The molecule has 0 spiro atoms. The molecule has 0 saturated carbocycles. The molecule has 27 heavy (non-hydrogen) atoms. The van der Waals surface area contributed by atoms with Crippen molar-refractivity contribution >= 4 is 29.0 Å². The van der Waals surface area contributed by atoms with E-state index in [9.17, 15) is 22.8 Å². The molecule has 1 N–H and O–H groups in total. The largest absolute Gasteiger partial charge is 0.323 e. The summed E-state index contributed by atoms with van der Waals surface area (Å²) in [6.45, 7) is 1.87. The minimum absolute atomic E-state index is 0.0760. The highest BCUT2D eigenvalue weighted by molar-refractivity contribution is 7.99. The number of halogens is 3. The van der Waals surface area contributed by atoms with E-state index in [0.717, 1.165) is 29.5 Å². The molecule has 0 saturated heterocycles. The highest BCUT2D eigenvalue weighted by Gasteiger charge is 2.15. The van der Waals surface area contributed by atoms with Crippen LogP contribution in [0.25, 0.3) is 5.65 Å². The van der Waals surface area contributed by atoms with Crippen LogP contribution in [0.4, 0.5) is 18.9 Å². The van der Waals surface area contributed by atoms with Crippen molar-refractivity contribution in [3.05, 3.63) is 75.6 Å². The Bertz CT molecular complexity index is 1090. The van der Waals surface area contributed by atoms with Gasteiger partial charge in [0.2, 0.25) is 5.91 Å². The van der Waals surface area contributed by atoms with Gasteiger partial charge in [-0.1, -0.05) is 6.07 Å². The van der Waals surface area contributed by atoms with Crippen LogP contribution >= 0.6 is 11.8 Å². The fourth-order valence-corrected chi connectivity index (χ4v) is 3.11. The lowest BCUT2D eigenvalue weighted by molar-refractivity contribution is -0.113. The first kappa shape index (κ1) is 19.0. The quantitative estimate of drug-likeness (QED) is 0.676. The van der Waals surface area contributed by atoms with E-state index in [-0.39, 0.29) is 17.1 Å². The Morgan fingerprint density at radius 3 is 2.74 bits per heavy atom. The molecule has 1 aromatic carbocycles. The van der Waals surface area contributed by atoms with E-state index < -0.39 is 29.0 Å². The van der Waals surface area contributed by atoms with Crippen LogP contribution in [0.3, 0.4) is 0 Å². The highest BCUT2D eigenvalue weighted by Crippen LogP contribution is 2.20. The summed E-state index contributed by atoms with van der Waals surface area (Å²) in [6, 6.07) is 6.62. The molecule has 0 unspecified atom stereocenters. The number of fused-ring (bicyclic) bond motifs is 1. The fraction of sp³-hybridized carbons (Fsp3) is 0.167. The van der Waals surface area contributed by atoms with E-state index in [2.05, 4.69) is 10.3 Å². The van der Waals surface area contributed by atoms with Gasteiger partial charge in [0, 0.05) is 18.0 Å². The summed E-state index contributed by atoms with van der Waals surface area (Å²) in [5.41, 5.74) is 1.26. The van der Waals surface area contributed by atoms with E-state index in [4.69, 9.17) is 0 Å². The summed E-state index contributed by atoms with van der Waals surface area (Å²) in [6.07, 6.45) is 1.69. The van der Waals surface area contributed by atoms with Gasteiger partial charge in [-0.05, 0) is 30.7 Å². The van der Waals surface area contributed by atoms with Gasteiger partial charge in [0.1, 0.15) is 5.65 Å². The number of amides is 1. The Hall–Kier alpha value is -2.81. The predicted molar refractivity (Wildman–Crippen MR) is 97.3 cm³/mol. The molecule has 140 valence electrons. The van der Waals surface area contributed by atoms with Crippen LogP contribution in [0.15, 0.2) is 41.3 Å². The monoisotopic (exact) mass is 393 g/mol. The topological polar surface area (TPSA) is 63.5 Å². The van der Waals surface area contributed by atoms with Crippen LogP contribution in [0.1, 0.15) is 11.3 Å². The maximum Gasteiger partial charge on any atom is 0.258 e. The first-order chi connectivity index (χ1) is 12.8. The van der Waals surface area contributed by atoms with Crippen molar-refractivity contribution in [3.63, 3.8) is 0 Å². The zero-order valence-corrected chi connectivity index (χ0v) is 14.9. The van der Waals surface area contributed by atoms with E-state index in [1.165, 1.54) is 10.5 Å². The highest BCUT2D eigenvalue weighted by atomic mass is 32.2. The zero-order valence-electron chi connectivity index (χ0n) is 14.1. The molecule has 1 amide bonds. The van der Waals surface area contributed by atoms with Gasteiger partial charge in [0.05, 0.1) is 17.1 Å². The molecule has 2 aromatic heterocycles. The normalized spacial score (nSPS) is 11.0. The van der Waals surface area contributed by atoms with Gasteiger partial charge >= 0.3 is 0 Å². The molecule has 0 radical (unpaired) electrons. The van der Waals surface area contributed by atoms with E-state index in [1.807, 2.05) is 13.0 Å². The van der Waals surface area contributed by atoms with Crippen molar-refractivity contribution in [1.82, 2.24) is 9.38 Å². The standard InChI is InChI=1S/C18H14F3N3O2S/c1-10-2-5-14-22-11(6-16(26)24(14)7-10)8-27-9-15(25)23-13-4-3-12(19)17(20)18(13)21/h2-7H,8-9H2,1H3,(H,23,25). The van der Waals surface area contributed by atoms with Crippen LogP contribution in [0, 0.1) is 24.4 Å². The predicted octanol–water partition coefficient (Wildman–Crippen LogP) is 3.29. The van der Waals surface area contributed by atoms with Gasteiger partial charge < -0.3 is 5.32 Å². The number of benzene rings is 1. The Morgan fingerprint density at radius 2 is 1.96 bits per heavy atom. The van der Waals surface area contributed by atoms with Gasteiger partial charge in [0.15, 0.2) is 17.5 Å². The number of thioether (sulfide) groups is 1. The number of nitrogens with one attached hydrogen (secondary N) is 1. The molecule has 2 heterocycles.